The van der Waals surface area contributed by atoms with E-state index in [1.54, 1.807) is 0 Å². The highest BCUT2D eigenvalue weighted by Gasteiger charge is 2.26. The Bertz CT molecular complexity index is 577. The largest absolute Gasteiger partial charge is 0.335 e. The van der Waals surface area contributed by atoms with Gasteiger partial charge in [-0.1, -0.05) is 30.9 Å². The summed E-state index contributed by atoms with van der Waals surface area (Å²) >= 11 is 0. The van der Waals surface area contributed by atoms with Crippen molar-refractivity contribution < 1.29 is 4.79 Å². The molecule has 3 N–H and O–H groups in total. The molecule has 0 bridgehead atoms. The molecule has 2 amide bonds. The fourth-order valence-electron chi connectivity index (χ4n) is 3.96. The number of carbonyl (C=O) groups is 1. The molecular weight excluding hydrogens is 328 g/mol. The molecule has 0 unspecified atom stereocenters. The van der Waals surface area contributed by atoms with Crippen LogP contribution in [0.5, 0.6) is 0 Å². The van der Waals surface area contributed by atoms with Crippen LogP contribution >= 0.6 is 0 Å². The van der Waals surface area contributed by atoms with Crippen LogP contribution in [0.1, 0.15) is 70.9 Å². The number of amides is 2. The van der Waals surface area contributed by atoms with Crippen LogP contribution in [0.3, 0.4) is 0 Å². The zero-order valence-electron chi connectivity index (χ0n) is 16.3. The average Bonchev–Trinajstić information content (AvgIpc) is 2.93. The van der Waals surface area contributed by atoms with Gasteiger partial charge in [0.1, 0.15) is 5.69 Å². The van der Waals surface area contributed by atoms with E-state index in [9.17, 15) is 4.79 Å². The van der Waals surface area contributed by atoms with Crippen molar-refractivity contribution in [2.75, 3.05) is 13.1 Å². The molecule has 0 atom stereocenters. The lowest BCUT2D eigenvalue weighted by Gasteiger charge is -2.33. The fourth-order valence-corrected chi connectivity index (χ4v) is 3.96. The van der Waals surface area contributed by atoms with Gasteiger partial charge in [-0.25, -0.2) is 4.79 Å². The summed E-state index contributed by atoms with van der Waals surface area (Å²) < 4.78 is 1.90. The van der Waals surface area contributed by atoms with Crippen molar-refractivity contribution in [3.05, 3.63) is 11.9 Å². The van der Waals surface area contributed by atoms with E-state index in [1.165, 1.54) is 25.7 Å². The van der Waals surface area contributed by atoms with Gasteiger partial charge in [-0.15, -0.1) is 5.10 Å². The lowest BCUT2D eigenvalue weighted by molar-refractivity contribution is 0.160. The number of nitrogens with two attached hydrogens (primary N) is 1. The maximum atomic E-state index is 12.5. The third kappa shape index (κ3) is 5.19. The second-order valence-corrected chi connectivity index (χ2v) is 8.62. The first-order valence-corrected chi connectivity index (χ1v) is 10.2. The van der Waals surface area contributed by atoms with Crippen LogP contribution in [-0.2, 0) is 12.1 Å². The quantitative estimate of drug-likeness (QED) is 0.806. The number of likely N-dealkylation sites (tertiary alicyclic amines) is 1. The highest BCUT2D eigenvalue weighted by atomic mass is 16.2. The molecule has 1 saturated carbocycles. The molecule has 2 heterocycles. The Morgan fingerprint density at radius 3 is 2.42 bits per heavy atom. The van der Waals surface area contributed by atoms with Gasteiger partial charge < -0.3 is 16.0 Å². The molecular formula is C19H34N6O. The molecule has 0 spiro atoms. The molecule has 1 aromatic heterocycles. The van der Waals surface area contributed by atoms with E-state index in [4.69, 9.17) is 5.73 Å². The molecule has 1 aliphatic heterocycles. The summed E-state index contributed by atoms with van der Waals surface area (Å²) in [5.74, 6) is 0.535. The van der Waals surface area contributed by atoms with Gasteiger partial charge in [-0.3, -0.25) is 4.68 Å². The molecule has 7 nitrogen and oxygen atoms in total. The average molecular weight is 363 g/mol. The van der Waals surface area contributed by atoms with Crippen LogP contribution in [0.25, 0.3) is 0 Å². The number of nitrogens with one attached hydrogen (secondary N) is 1. The Morgan fingerprint density at radius 2 is 1.85 bits per heavy atom. The Labute approximate surface area is 156 Å². The van der Waals surface area contributed by atoms with Gasteiger partial charge in [0, 0.05) is 25.7 Å². The van der Waals surface area contributed by atoms with Gasteiger partial charge in [-0.05, 0) is 45.4 Å². The molecule has 146 valence electrons. The lowest BCUT2D eigenvalue weighted by atomic mass is 9.97. The third-order valence-electron chi connectivity index (χ3n) is 5.73. The van der Waals surface area contributed by atoms with Crippen LogP contribution in [-0.4, -0.2) is 45.1 Å². The summed E-state index contributed by atoms with van der Waals surface area (Å²) in [6, 6.07) is 0.499. The van der Waals surface area contributed by atoms with Crippen molar-refractivity contribution in [1.29, 1.82) is 0 Å². The van der Waals surface area contributed by atoms with E-state index in [2.05, 4.69) is 15.6 Å². The smallest absolute Gasteiger partial charge is 0.317 e. The minimum Gasteiger partial charge on any atom is -0.335 e. The number of aromatic nitrogens is 3. The molecule has 7 heteroatoms. The Morgan fingerprint density at radius 1 is 1.19 bits per heavy atom. The maximum absolute atomic E-state index is 12.5. The topological polar surface area (TPSA) is 89.1 Å². The van der Waals surface area contributed by atoms with Crippen molar-refractivity contribution in [1.82, 2.24) is 25.2 Å². The maximum Gasteiger partial charge on any atom is 0.317 e. The summed E-state index contributed by atoms with van der Waals surface area (Å²) in [7, 11) is 0. The monoisotopic (exact) mass is 362 g/mol. The number of rotatable bonds is 4. The summed E-state index contributed by atoms with van der Waals surface area (Å²) in [6.45, 7) is 6.38. The van der Waals surface area contributed by atoms with Gasteiger partial charge in [0.05, 0.1) is 11.7 Å². The van der Waals surface area contributed by atoms with Crippen molar-refractivity contribution in [2.45, 2.75) is 83.3 Å². The van der Waals surface area contributed by atoms with Crippen LogP contribution in [0.4, 0.5) is 4.79 Å². The van der Waals surface area contributed by atoms with Crippen LogP contribution in [0.15, 0.2) is 6.20 Å². The van der Waals surface area contributed by atoms with Crippen molar-refractivity contribution >= 4 is 6.03 Å². The summed E-state index contributed by atoms with van der Waals surface area (Å²) in [5, 5.41) is 11.7. The zero-order chi connectivity index (χ0) is 18.6. The first-order valence-electron chi connectivity index (χ1n) is 10.2. The predicted molar refractivity (Wildman–Crippen MR) is 102 cm³/mol. The number of carbonyl (C=O) groups excluding carboxylic acids is 1. The normalized spacial score (nSPS) is 20.8. The van der Waals surface area contributed by atoms with Crippen LogP contribution in [0.2, 0.25) is 0 Å². The van der Waals surface area contributed by atoms with E-state index < -0.39 is 5.54 Å². The van der Waals surface area contributed by atoms with E-state index >= 15 is 0 Å². The highest BCUT2D eigenvalue weighted by molar-refractivity contribution is 5.74. The SMILES string of the molecule is CC(C)(N)c1cn(CC2CCN(C(=O)NC3CCCCCC3)CC2)nn1. The standard InChI is InChI=1S/C19H34N6O/c1-19(2,20)17-14-25(23-22-17)13-15-9-11-24(12-10-15)18(26)21-16-7-5-3-4-6-8-16/h14-16H,3-13,20H2,1-2H3,(H,21,26). The first-order chi connectivity index (χ1) is 12.4. The first kappa shape index (κ1) is 19.1. The Balaban J connectivity index is 1.43. The molecule has 2 fully saturated rings. The summed E-state index contributed by atoms with van der Waals surface area (Å²) in [6.07, 6.45) is 11.3. The second-order valence-electron chi connectivity index (χ2n) is 8.62. The Hall–Kier alpha value is -1.63. The number of hydrogen-bond acceptors (Lipinski definition) is 4. The van der Waals surface area contributed by atoms with E-state index in [0.717, 1.165) is 51.0 Å². The molecule has 2 aliphatic rings. The summed E-state index contributed by atoms with van der Waals surface area (Å²) in [4.78, 5) is 14.5. The minimum atomic E-state index is -0.461. The van der Waals surface area contributed by atoms with Crippen LogP contribution in [0, 0.1) is 5.92 Å². The molecule has 1 saturated heterocycles. The van der Waals surface area contributed by atoms with E-state index in [1.807, 2.05) is 29.6 Å². The zero-order valence-corrected chi connectivity index (χ0v) is 16.3. The van der Waals surface area contributed by atoms with Crippen molar-refractivity contribution in [2.24, 2.45) is 11.7 Å². The van der Waals surface area contributed by atoms with Gasteiger partial charge >= 0.3 is 6.03 Å². The number of nitrogens with zero attached hydrogens (tertiary/aromatic N) is 4. The van der Waals surface area contributed by atoms with Gasteiger partial charge in [-0.2, -0.15) is 0 Å². The van der Waals surface area contributed by atoms with Crippen molar-refractivity contribution in [3.8, 4) is 0 Å². The molecule has 1 aliphatic carbocycles. The van der Waals surface area contributed by atoms with Gasteiger partial charge in [0.25, 0.3) is 0 Å². The molecule has 0 radical (unpaired) electrons. The van der Waals surface area contributed by atoms with Crippen molar-refractivity contribution in [3.63, 3.8) is 0 Å². The number of hydrogen-bond donors (Lipinski definition) is 2. The summed E-state index contributed by atoms with van der Waals surface area (Å²) in [5.41, 5.74) is 6.43. The molecule has 1 aromatic rings. The van der Waals surface area contributed by atoms with E-state index in [-0.39, 0.29) is 6.03 Å². The molecule has 26 heavy (non-hydrogen) atoms. The second kappa shape index (κ2) is 8.37. The Kier molecular flexibility index (Phi) is 6.16. The third-order valence-corrected chi connectivity index (χ3v) is 5.73. The number of piperidine rings is 1. The van der Waals surface area contributed by atoms with Gasteiger partial charge in [0.15, 0.2) is 0 Å². The number of urea groups is 1. The van der Waals surface area contributed by atoms with Gasteiger partial charge in [0.2, 0.25) is 0 Å². The van der Waals surface area contributed by atoms with E-state index in [0.29, 0.717) is 12.0 Å². The molecule has 0 aromatic carbocycles. The highest BCUT2D eigenvalue weighted by Crippen LogP contribution is 2.21. The van der Waals surface area contributed by atoms with Crippen LogP contribution < -0.4 is 11.1 Å². The fraction of sp³-hybridized carbons (Fsp3) is 0.842. The molecule has 3 rings (SSSR count). The lowest BCUT2D eigenvalue weighted by Crippen LogP contribution is -2.48. The predicted octanol–water partition coefficient (Wildman–Crippen LogP) is 2.62. The minimum absolute atomic E-state index is 0.128.